The summed E-state index contributed by atoms with van der Waals surface area (Å²) < 4.78 is 11.7. The fourth-order valence-corrected chi connectivity index (χ4v) is 3.55. The van der Waals surface area contributed by atoms with Crippen molar-refractivity contribution in [3.8, 4) is 0 Å². The highest BCUT2D eigenvalue weighted by Crippen LogP contribution is 2.21. The summed E-state index contributed by atoms with van der Waals surface area (Å²) in [6, 6.07) is 7.18. The Morgan fingerprint density at radius 2 is 1.93 bits per heavy atom. The first-order valence-corrected chi connectivity index (χ1v) is 9.91. The van der Waals surface area contributed by atoms with Crippen molar-refractivity contribution in [2.24, 2.45) is 10.7 Å². The lowest BCUT2D eigenvalue weighted by Gasteiger charge is -2.37. The summed E-state index contributed by atoms with van der Waals surface area (Å²) in [6.07, 6.45) is 2.38. The van der Waals surface area contributed by atoms with Crippen molar-refractivity contribution in [3.05, 3.63) is 35.4 Å². The molecular formula is C20H29N5O4. The minimum absolute atomic E-state index is 0.0722. The van der Waals surface area contributed by atoms with Gasteiger partial charge >= 0.3 is 0 Å². The summed E-state index contributed by atoms with van der Waals surface area (Å²) in [5.41, 5.74) is 6.53. The molecule has 1 aromatic rings. The molecule has 2 aliphatic rings. The molecule has 1 aromatic carbocycles. The highest BCUT2D eigenvalue weighted by Gasteiger charge is 2.32. The van der Waals surface area contributed by atoms with Crippen molar-refractivity contribution >= 4 is 17.8 Å². The number of morpholine rings is 1. The highest BCUT2D eigenvalue weighted by molar-refractivity contribution is 5.96. The second-order valence-corrected chi connectivity index (χ2v) is 7.15. The second kappa shape index (κ2) is 10.2. The molecule has 0 radical (unpaired) electrons. The van der Waals surface area contributed by atoms with Crippen molar-refractivity contribution in [1.82, 2.24) is 15.5 Å². The van der Waals surface area contributed by atoms with E-state index in [0.29, 0.717) is 18.7 Å². The lowest BCUT2D eigenvalue weighted by atomic mass is 10.1. The van der Waals surface area contributed by atoms with Crippen molar-refractivity contribution in [2.45, 2.75) is 31.6 Å². The standard InChI is InChI=1S/C20H29N5O4/c1-22-20(25-8-10-29-17(13-25)16-3-2-9-28-16)24-11-14-4-6-15(7-5-14)19(27)23-12-18(21)26/h4-7,16-17H,2-3,8-13H2,1H3,(H2,21,26)(H,22,24)(H,23,27). The number of primary amides is 1. The molecule has 2 fully saturated rings. The number of benzene rings is 1. The van der Waals surface area contributed by atoms with Crippen LogP contribution in [-0.4, -0.2) is 74.8 Å². The van der Waals surface area contributed by atoms with Crippen LogP contribution in [0.5, 0.6) is 0 Å². The van der Waals surface area contributed by atoms with E-state index in [9.17, 15) is 9.59 Å². The Hall–Kier alpha value is -2.65. The van der Waals surface area contributed by atoms with Crippen LogP contribution < -0.4 is 16.4 Å². The first kappa shape index (κ1) is 21.1. The summed E-state index contributed by atoms with van der Waals surface area (Å²) in [5.74, 6) is -0.0809. The van der Waals surface area contributed by atoms with E-state index in [1.54, 1.807) is 19.2 Å². The lowest BCUT2D eigenvalue weighted by Crippen LogP contribution is -2.53. The molecule has 0 aromatic heterocycles. The molecule has 2 amide bonds. The Bertz CT molecular complexity index is 731. The van der Waals surface area contributed by atoms with Crippen molar-refractivity contribution in [3.63, 3.8) is 0 Å². The number of rotatable bonds is 6. The third kappa shape index (κ3) is 5.91. The van der Waals surface area contributed by atoms with Crippen LogP contribution in [0.15, 0.2) is 29.3 Å². The maximum atomic E-state index is 11.9. The molecule has 2 saturated heterocycles. The molecule has 9 heteroatoms. The Kier molecular flexibility index (Phi) is 7.42. The average Bonchev–Trinajstić information content (AvgIpc) is 3.28. The number of hydrogen-bond acceptors (Lipinski definition) is 5. The minimum atomic E-state index is -0.574. The van der Waals surface area contributed by atoms with Gasteiger partial charge in [-0.05, 0) is 30.5 Å². The van der Waals surface area contributed by atoms with Gasteiger partial charge in [0.2, 0.25) is 5.91 Å². The van der Waals surface area contributed by atoms with Gasteiger partial charge in [0.15, 0.2) is 5.96 Å². The molecule has 2 aliphatic heterocycles. The Morgan fingerprint density at radius 1 is 1.17 bits per heavy atom. The summed E-state index contributed by atoms with van der Waals surface area (Å²) in [6.45, 7) is 3.41. The molecule has 0 bridgehead atoms. The molecule has 3 rings (SSSR count). The van der Waals surface area contributed by atoms with Gasteiger partial charge < -0.3 is 30.7 Å². The number of amides is 2. The number of guanidine groups is 1. The smallest absolute Gasteiger partial charge is 0.251 e. The zero-order valence-electron chi connectivity index (χ0n) is 16.7. The molecule has 4 N–H and O–H groups in total. The van der Waals surface area contributed by atoms with Crippen LogP contribution in [-0.2, 0) is 20.8 Å². The summed E-state index contributed by atoms with van der Waals surface area (Å²) in [5, 5.41) is 5.84. The van der Waals surface area contributed by atoms with Gasteiger partial charge in [-0.3, -0.25) is 14.6 Å². The molecule has 2 heterocycles. The fraction of sp³-hybridized carbons (Fsp3) is 0.550. The lowest BCUT2D eigenvalue weighted by molar-refractivity contribution is -0.117. The van der Waals surface area contributed by atoms with E-state index in [0.717, 1.165) is 44.1 Å². The number of ether oxygens (including phenoxy) is 2. The Morgan fingerprint density at radius 3 is 2.59 bits per heavy atom. The zero-order chi connectivity index (χ0) is 20.6. The minimum Gasteiger partial charge on any atom is -0.375 e. The highest BCUT2D eigenvalue weighted by atomic mass is 16.5. The van der Waals surface area contributed by atoms with Gasteiger partial charge in [0.25, 0.3) is 5.91 Å². The van der Waals surface area contributed by atoms with Gasteiger partial charge in [0, 0.05) is 38.9 Å². The monoisotopic (exact) mass is 403 g/mol. The van der Waals surface area contributed by atoms with Gasteiger partial charge in [-0.25, -0.2) is 0 Å². The topological polar surface area (TPSA) is 118 Å². The van der Waals surface area contributed by atoms with Crippen LogP contribution in [0.2, 0.25) is 0 Å². The largest absolute Gasteiger partial charge is 0.375 e. The molecule has 0 aliphatic carbocycles. The van der Waals surface area contributed by atoms with Crippen LogP contribution in [0.4, 0.5) is 0 Å². The van der Waals surface area contributed by atoms with Gasteiger partial charge in [-0.15, -0.1) is 0 Å². The molecule has 29 heavy (non-hydrogen) atoms. The summed E-state index contributed by atoms with van der Waals surface area (Å²) in [7, 11) is 1.77. The molecule has 2 unspecified atom stereocenters. The number of nitrogens with one attached hydrogen (secondary N) is 2. The predicted octanol–water partition coefficient (Wildman–Crippen LogP) is -0.143. The van der Waals surface area contributed by atoms with E-state index in [4.69, 9.17) is 15.2 Å². The van der Waals surface area contributed by atoms with Crippen LogP contribution >= 0.6 is 0 Å². The van der Waals surface area contributed by atoms with E-state index in [1.807, 2.05) is 12.1 Å². The van der Waals surface area contributed by atoms with Crippen LogP contribution in [0.1, 0.15) is 28.8 Å². The van der Waals surface area contributed by atoms with E-state index >= 15 is 0 Å². The van der Waals surface area contributed by atoms with Gasteiger partial charge in [0.1, 0.15) is 6.10 Å². The van der Waals surface area contributed by atoms with Crippen molar-refractivity contribution in [2.75, 3.05) is 39.9 Å². The molecule has 0 saturated carbocycles. The number of carbonyl (C=O) groups excluding carboxylic acids is 2. The van der Waals surface area contributed by atoms with Crippen LogP contribution in [0, 0.1) is 0 Å². The van der Waals surface area contributed by atoms with E-state index in [-0.39, 0.29) is 24.7 Å². The fourth-order valence-electron chi connectivity index (χ4n) is 3.55. The van der Waals surface area contributed by atoms with Crippen LogP contribution in [0.25, 0.3) is 0 Å². The number of nitrogens with zero attached hydrogens (tertiary/aromatic N) is 2. The third-order valence-electron chi connectivity index (χ3n) is 5.07. The molecule has 158 valence electrons. The van der Waals surface area contributed by atoms with Crippen molar-refractivity contribution < 1.29 is 19.1 Å². The van der Waals surface area contributed by atoms with E-state index < -0.39 is 5.91 Å². The third-order valence-corrected chi connectivity index (χ3v) is 5.07. The van der Waals surface area contributed by atoms with Gasteiger partial charge in [-0.2, -0.15) is 0 Å². The summed E-state index contributed by atoms with van der Waals surface area (Å²) in [4.78, 5) is 29.3. The number of carbonyl (C=O) groups is 2. The summed E-state index contributed by atoms with van der Waals surface area (Å²) >= 11 is 0. The normalized spacial score (nSPS) is 22.4. The second-order valence-electron chi connectivity index (χ2n) is 7.15. The molecule has 0 spiro atoms. The maximum absolute atomic E-state index is 11.9. The number of nitrogens with two attached hydrogens (primary N) is 1. The van der Waals surface area contributed by atoms with E-state index in [2.05, 4.69) is 20.5 Å². The van der Waals surface area contributed by atoms with Gasteiger partial charge in [0.05, 0.1) is 19.3 Å². The molecule has 9 nitrogen and oxygen atoms in total. The number of aliphatic imine (C=N–C) groups is 1. The SMILES string of the molecule is CN=C(NCc1ccc(C(=O)NCC(N)=O)cc1)N1CCOC(C2CCCO2)C1. The van der Waals surface area contributed by atoms with Crippen LogP contribution in [0.3, 0.4) is 0 Å². The van der Waals surface area contributed by atoms with E-state index in [1.165, 1.54) is 0 Å². The first-order chi connectivity index (χ1) is 14.1. The molecule has 2 atom stereocenters. The predicted molar refractivity (Wildman–Crippen MR) is 108 cm³/mol. The first-order valence-electron chi connectivity index (χ1n) is 9.91. The maximum Gasteiger partial charge on any atom is 0.251 e. The number of hydrogen-bond donors (Lipinski definition) is 3. The Balaban J connectivity index is 1.51. The quantitative estimate of drug-likeness (QED) is 0.449. The zero-order valence-corrected chi connectivity index (χ0v) is 16.7. The molecular weight excluding hydrogens is 374 g/mol. The van der Waals surface area contributed by atoms with Gasteiger partial charge in [-0.1, -0.05) is 12.1 Å². The van der Waals surface area contributed by atoms with Crippen molar-refractivity contribution in [1.29, 1.82) is 0 Å². The Labute approximate surface area is 170 Å². The average molecular weight is 403 g/mol.